The molecule has 1 aromatic rings. The van der Waals surface area contributed by atoms with Gasteiger partial charge in [0, 0.05) is 24.0 Å². The normalized spacial score (nSPS) is 17.7. The minimum atomic E-state index is -0.946. The van der Waals surface area contributed by atoms with Crippen LogP contribution in [0.5, 0.6) is 0 Å². The van der Waals surface area contributed by atoms with Crippen molar-refractivity contribution in [1.82, 2.24) is 4.90 Å². The lowest BCUT2D eigenvalue weighted by Gasteiger charge is -2.22. The van der Waals surface area contributed by atoms with Crippen LogP contribution in [-0.2, 0) is 0 Å². The first-order valence-electron chi connectivity index (χ1n) is 6.45. The molecule has 0 saturated carbocycles. The lowest BCUT2D eigenvalue weighted by Crippen LogP contribution is -2.33. The molecule has 112 valence electrons. The number of nitrogens with zero attached hydrogens (tertiary/aromatic N) is 3. The van der Waals surface area contributed by atoms with Gasteiger partial charge < -0.3 is 10.2 Å². The predicted molar refractivity (Wildman–Crippen MR) is 76.2 cm³/mol. The van der Waals surface area contributed by atoms with Gasteiger partial charge in [0.05, 0.1) is 4.92 Å². The van der Waals surface area contributed by atoms with E-state index in [4.69, 9.17) is 0 Å². The summed E-state index contributed by atoms with van der Waals surface area (Å²) in [4.78, 5) is 27.6. The highest BCUT2D eigenvalue weighted by molar-refractivity contribution is 6.01. The van der Waals surface area contributed by atoms with Crippen LogP contribution < -0.4 is 5.32 Å². The highest BCUT2D eigenvalue weighted by atomic mass is 19.1. The van der Waals surface area contributed by atoms with Gasteiger partial charge in [-0.3, -0.25) is 10.1 Å². The van der Waals surface area contributed by atoms with E-state index in [0.29, 0.717) is 6.54 Å². The Labute approximate surface area is 120 Å². The van der Waals surface area contributed by atoms with E-state index >= 15 is 0 Å². The molecule has 1 aliphatic rings. The number of aliphatic imine (C=N–C) groups is 1. The molecule has 21 heavy (non-hydrogen) atoms. The van der Waals surface area contributed by atoms with Crippen molar-refractivity contribution in [2.45, 2.75) is 12.8 Å². The SMILES string of the molecule is CN1CCC/C(=N/C(=O)Nc2ccc(F)c([N+](=O)[O-])c2)C1. The second kappa shape index (κ2) is 6.40. The number of hydrogen-bond acceptors (Lipinski definition) is 4. The molecule has 2 rings (SSSR count). The molecule has 0 spiro atoms. The van der Waals surface area contributed by atoms with Crippen LogP contribution >= 0.6 is 0 Å². The average Bonchev–Trinajstić information content (AvgIpc) is 2.40. The standard InChI is InChI=1S/C13H15FN4O3/c1-17-6-2-3-10(8-17)16-13(19)15-9-4-5-11(14)12(7-9)18(20)21/h4-5,7H,2-3,6,8H2,1H3,(H,15,19)/b16-10-. The number of nitro benzene ring substituents is 1. The number of halogens is 1. The molecule has 0 aromatic heterocycles. The fourth-order valence-corrected chi connectivity index (χ4v) is 2.14. The third-order valence-electron chi connectivity index (χ3n) is 3.11. The van der Waals surface area contributed by atoms with Crippen LogP contribution in [0.4, 0.5) is 20.6 Å². The first-order valence-corrected chi connectivity index (χ1v) is 6.45. The maximum Gasteiger partial charge on any atom is 0.345 e. The summed E-state index contributed by atoms with van der Waals surface area (Å²) in [6.45, 7) is 1.59. The zero-order valence-electron chi connectivity index (χ0n) is 11.5. The van der Waals surface area contributed by atoms with Crippen LogP contribution in [-0.4, -0.2) is 41.7 Å². The van der Waals surface area contributed by atoms with Gasteiger partial charge in [-0.25, -0.2) is 9.79 Å². The number of amides is 2. The molecule has 1 saturated heterocycles. The molecule has 8 heteroatoms. The molecule has 0 atom stereocenters. The molecule has 7 nitrogen and oxygen atoms in total. The van der Waals surface area contributed by atoms with Crippen LogP contribution in [0.2, 0.25) is 0 Å². The molecule has 1 aliphatic heterocycles. The topological polar surface area (TPSA) is 87.8 Å². The second-order valence-electron chi connectivity index (χ2n) is 4.87. The first kappa shape index (κ1) is 15.0. The minimum absolute atomic E-state index is 0.140. The van der Waals surface area contributed by atoms with Crippen molar-refractivity contribution < 1.29 is 14.1 Å². The highest BCUT2D eigenvalue weighted by Gasteiger charge is 2.16. The maximum absolute atomic E-state index is 13.2. The van der Waals surface area contributed by atoms with Crippen LogP contribution in [0.15, 0.2) is 23.2 Å². The number of anilines is 1. The van der Waals surface area contributed by atoms with Crippen molar-refractivity contribution in [3.63, 3.8) is 0 Å². The summed E-state index contributed by atoms with van der Waals surface area (Å²) < 4.78 is 13.2. The number of nitro groups is 1. The van der Waals surface area contributed by atoms with Gasteiger partial charge >= 0.3 is 11.7 Å². The van der Waals surface area contributed by atoms with Gasteiger partial charge in [0.15, 0.2) is 0 Å². The summed E-state index contributed by atoms with van der Waals surface area (Å²) in [6, 6.07) is 2.56. The monoisotopic (exact) mass is 294 g/mol. The molecule has 0 unspecified atom stereocenters. The average molecular weight is 294 g/mol. The quantitative estimate of drug-likeness (QED) is 0.670. The van der Waals surface area contributed by atoms with E-state index in [9.17, 15) is 19.3 Å². The zero-order valence-corrected chi connectivity index (χ0v) is 11.5. The lowest BCUT2D eigenvalue weighted by atomic mass is 10.1. The van der Waals surface area contributed by atoms with Crippen molar-refractivity contribution in [2.24, 2.45) is 4.99 Å². The van der Waals surface area contributed by atoms with Gasteiger partial charge in [0.1, 0.15) is 0 Å². The Hall–Kier alpha value is -2.35. The summed E-state index contributed by atoms with van der Waals surface area (Å²) in [6.07, 6.45) is 1.69. The highest BCUT2D eigenvalue weighted by Crippen LogP contribution is 2.21. The Morgan fingerprint density at radius 1 is 1.52 bits per heavy atom. The number of carbonyl (C=O) groups is 1. The van der Waals surface area contributed by atoms with Crippen molar-refractivity contribution in [2.75, 3.05) is 25.5 Å². The summed E-state index contributed by atoms with van der Waals surface area (Å²) in [5, 5.41) is 13.0. The van der Waals surface area contributed by atoms with E-state index in [1.807, 2.05) is 7.05 Å². The Morgan fingerprint density at radius 2 is 2.29 bits per heavy atom. The molecular weight excluding hydrogens is 279 g/mol. The zero-order chi connectivity index (χ0) is 15.4. The van der Waals surface area contributed by atoms with E-state index < -0.39 is 22.5 Å². The number of carbonyl (C=O) groups excluding carboxylic acids is 1. The summed E-state index contributed by atoms with van der Waals surface area (Å²) >= 11 is 0. The molecule has 1 heterocycles. The summed E-state index contributed by atoms with van der Waals surface area (Å²) in [5.41, 5.74) is 0.220. The van der Waals surface area contributed by atoms with Crippen molar-refractivity contribution in [3.05, 3.63) is 34.1 Å². The number of urea groups is 1. The number of benzene rings is 1. The number of nitrogens with one attached hydrogen (secondary N) is 1. The Balaban J connectivity index is 2.07. The number of hydrogen-bond donors (Lipinski definition) is 1. The van der Waals surface area contributed by atoms with Gasteiger partial charge in [0.25, 0.3) is 0 Å². The summed E-state index contributed by atoms with van der Waals surface area (Å²) in [5.74, 6) is -0.946. The maximum atomic E-state index is 13.2. The molecule has 0 radical (unpaired) electrons. The molecule has 1 aromatic carbocycles. The van der Waals surface area contributed by atoms with Gasteiger partial charge in [0.2, 0.25) is 5.82 Å². The Bertz CT molecular complexity index is 603. The fraction of sp³-hybridized carbons (Fsp3) is 0.385. The van der Waals surface area contributed by atoms with Gasteiger partial charge in [-0.2, -0.15) is 4.39 Å². The number of piperidine rings is 1. The van der Waals surface area contributed by atoms with E-state index in [1.54, 1.807) is 0 Å². The molecule has 0 aliphatic carbocycles. The van der Waals surface area contributed by atoms with Crippen LogP contribution in [0.1, 0.15) is 12.8 Å². The number of rotatable bonds is 2. The van der Waals surface area contributed by atoms with E-state index in [0.717, 1.165) is 37.2 Å². The van der Waals surface area contributed by atoms with E-state index in [1.165, 1.54) is 6.07 Å². The first-order chi connectivity index (χ1) is 9.95. The summed E-state index contributed by atoms with van der Waals surface area (Å²) in [7, 11) is 1.94. The Kier molecular flexibility index (Phi) is 4.59. The van der Waals surface area contributed by atoms with Crippen molar-refractivity contribution in [3.8, 4) is 0 Å². The largest absolute Gasteiger partial charge is 0.345 e. The van der Waals surface area contributed by atoms with Crippen molar-refractivity contribution >= 4 is 23.1 Å². The van der Waals surface area contributed by atoms with Crippen LogP contribution in [0.3, 0.4) is 0 Å². The molecule has 2 amide bonds. The smallest absolute Gasteiger partial charge is 0.306 e. The van der Waals surface area contributed by atoms with E-state index in [-0.39, 0.29) is 5.69 Å². The van der Waals surface area contributed by atoms with E-state index in [2.05, 4.69) is 15.2 Å². The Morgan fingerprint density at radius 3 is 2.95 bits per heavy atom. The van der Waals surface area contributed by atoms with Crippen LogP contribution in [0, 0.1) is 15.9 Å². The fourth-order valence-electron chi connectivity index (χ4n) is 2.14. The van der Waals surface area contributed by atoms with Gasteiger partial charge in [-0.15, -0.1) is 0 Å². The minimum Gasteiger partial charge on any atom is -0.306 e. The molecule has 1 fully saturated rings. The third-order valence-corrected chi connectivity index (χ3v) is 3.11. The van der Waals surface area contributed by atoms with Crippen LogP contribution in [0.25, 0.3) is 0 Å². The molecular formula is C13H15FN4O3. The molecule has 1 N–H and O–H groups in total. The lowest BCUT2D eigenvalue weighted by molar-refractivity contribution is -0.387. The second-order valence-corrected chi connectivity index (χ2v) is 4.87. The van der Waals surface area contributed by atoms with Gasteiger partial charge in [-0.05, 0) is 38.6 Å². The van der Waals surface area contributed by atoms with Gasteiger partial charge in [-0.1, -0.05) is 0 Å². The molecule has 0 bridgehead atoms. The third kappa shape index (κ3) is 4.06. The van der Waals surface area contributed by atoms with Crippen molar-refractivity contribution in [1.29, 1.82) is 0 Å². The predicted octanol–water partition coefficient (Wildman–Crippen LogP) is 2.43. The number of likely N-dealkylation sites (tertiary alicyclic amines) is 1.